The molecule has 2 amide bonds. The maximum Gasteiger partial charge on any atom is 0.409 e. The molecule has 26 heavy (non-hydrogen) atoms. The van der Waals surface area contributed by atoms with Gasteiger partial charge in [-0.05, 0) is 13.0 Å². The van der Waals surface area contributed by atoms with Crippen molar-refractivity contribution >= 4 is 23.7 Å². The molecule has 1 aliphatic rings. The third-order valence-corrected chi connectivity index (χ3v) is 3.81. The number of carbonyl (C=O) groups excluding carboxylic acids is 3. The summed E-state index contributed by atoms with van der Waals surface area (Å²) in [7, 11) is 0. The molecule has 0 atom stereocenters. The second kappa shape index (κ2) is 8.79. The van der Waals surface area contributed by atoms with Gasteiger partial charge in [-0.15, -0.1) is 0 Å². The molecule has 140 valence electrons. The number of hydrogen-bond donors (Lipinski definition) is 0. The minimum atomic E-state index is -0.934. The van der Waals surface area contributed by atoms with Gasteiger partial charge in [0.1, 0.15) is 5.56 Å². The number of carbonyl (C=O) groups is 3. The van der Waals surface area contributed by atoms with Crippen molar-refractivity contribution in [1.82, 2.24) is 9.80 Å². The van der Waals surface area contributed by atoms with Crippen LogP contribution in [0.4, 0.5) is 10.5 Å². The maximum atomic E-state index is 12.1. The highest BCUT2D eigenvalue weighted by molar-refractivity contribution is 5.95. The SMILES string of the molecule is CCOC(=O)N1CCN(C(=O)COC(=O)c2ccccc2[N+](=O)[O-])CC1. The molecular weight excluding hydrogens is 346 g/mol. The monoisotopic (exact) mass is 365 g/mol. The van der Waals surface area contributed by atoms with Crippen molar-refractivity contribution in [2.24, 2.45) is 0 Å². The van der Waals surface area contributed by atoms with Crippen molar-refractivity contribution in [3.63, 3.8) is 0 Å². The first-order chi connectivity index (χ1) is 12.4. The highest BCUT2D eigenvalue weighted by Gasteiger charge is 2.26. The molecule has 0 bridgehead atoms. The number of amides is 2. The van der Waals surface area contributed by atoms with Crippen LogP contribution >= 0.6 is 0 Å². The Bertz CT molecular complexity index is 699. The summed E-state index contributed by atoms with van der Waals surface area (Å²) in [4.78, 5) is 48.9. The summed E-state index contributed by atoms with van der Waals surface area (Å²) < 4.78 is 9.80. The molecule has 10 heteroatoms. The number of para-hydroxylation sites is 1. The zero-order valence-electron chi connectivity index (χ0n) is 14.3. The molecule has 0 spiro atoms. The quantitative estimate of drug-likeness (QED) is 0.434. The molecule has 0 radical (unpaired) electrons. The predicted octanol–water partition coefficient (Wildman–Crippen LogP) is 1.05. The van der Waals surface area contributed by atoms with Gasteiger partial charge in [0.05, 0.1) is 11.5 Å². The van der Waals surface area contributed by atoms with E-state index in [9.17, 15) is 24.5 Å². The fraction of sp³-hybridized carbons (Fsp3) is 0.438. The summed E-state index contributed by atoms with van der Waals surface area (Å²) >= 11 is 0. The Balaban J connectivity index is 1.85. The number of benzene rings is 1. The molecule has 1 aliphatic heterocycles. The van der Waals surface area contributed by atoms with E-state index in [1.807, 2.05) is 0 Å². The molecule has 1 aromatic carbocycles. The van der Waals surface area contributed by atoms with Crippen LogP contribution in [0.15, 0.2) is 24.3 Å². The number of nitro benzene ring substituents is 1. The Morgan fingerprint density at radius 2 is 1.69 bits per heavy atom. The lowest BCUT2D eigenvalue weighted by atomic mass is 10.2. The average molecular weight is 365 g/mol. The van der Waals surface area contributed by atoms with E-state index in [-0.39, 0.29) is 17.9 Å². The second-order valence-electron chi connectivity index (χ2n) is 5.42. The Kier molecular flexibility index (Phi) is 6.48. The fourth-order valence-electron chi connectivity index (χ4n) is 2.45. The number of piperazine rings is 1. The summed E-state index contributed by atoms with van der Waals surface area (Å²) in [5, 5.41) is 10.9. The summed E-state index contributed by atoms with van der Waals surface area (Å²) in [6.45, 7) is 2.69. The molecule has 1 fully saturated rings. The molecule has 0 aromatic heterocycles. The van der Waals surface area contributed by atoms with E-state index < -0.39 is 29.5 Å². The third-order valence-electron chi connectivity index (χ3n) is 3.81. The van der Waals surface area contributed by atoms with Crippen molar-refractivity contribution in [2.75, 3.05) is 39.4 Å². The summed E-state index contributed by atoms with van der Waals surface area (Å²) in [5.41, 5.74) is -0.592. The van der Waals surface area contributed by atoms with Gasteiger partial charge >= 0.3 is 12.1 Å². The van der Waals surface area contributed by atoms with Gasteiger partial charge in [-0.2, -0.15) is 0 Å². The molecule has 0 aliphatic carbocycles. The van der Waals surface area contributed by atoms with Gasteiger partial charge in [0, 0.05) is 32.2 Å². The largest absolute Gasteiger partial charge is 0.452 e. The Morgan fingerprint density at radius 3 is 2.31 bits per heavy atom. The van der Waals surface area contributed by atoms with Crippen LogP contribution in [-0.2, 0) is 14.3 Å². The smallest absolute Gasteiger partial charge is 0.409 e. The van der Waals surface area contributed by atoms with Gasteiger partial charge in [-0.1, -0.05) is 12.1 Å². The standard InChI is InChI=1S/C16H19N3O7/c1-2-25-16(22)18-9-7-17(8-10-18)14(20)11-26-15(21)12-5-3-4-6-13(12)19(23)24/h3-6H,2,7-11H2,1H3. The maximum absolute atomic E-state index is 12.1. The number of nitrogens with zero attached hydrogens (tertiary/aromatic N) is 3. The zero-order chi connectivity index (χ0) is 19.1. The number of esters is 1. The minimum Gasteiger partial charge on any atom is -0.452 e. The van der Waals surface area contributed by atoms with Gasteiger partial charge in [0.25, 0.3) is 11.6 Å². The van der Waals surface area contributed by atoms with Gasteiger partial charge in [-0.3, -0.25) is 14.9 Å². The Hall–Kier alpha value is -3.17. The number of hydrogen-bond acceptors (Lipinski definition) is 7. The lowest BCUT2D eigenvalue weighted by Gasteiger charge is -2.33. The second-order valence-corrected chi connectivity index (χ2v) is 5.42. The van der Waals surface area contributed by atoms with E-state index >= 15 is 0 Å². The van der Waals surface area contributed by atoms with Crippen LogP contribution in [0.25, 0.3) is 0 Å². The van der Waals surface area contributed by atoms with Gasteiger partial charge in [-0.25, -0.2) is 9.59 Å². The van der Waals surface area contributed by atoms with Crippen LogP contribution in [-0.4, -0.2) is 72.1 Å². The Morgan fingerprint density at radius 1 is 1.08 bits per heavy atom. The van der Waals surface area contributed by atoms with Crippen LogP contribution in [0, 0.1) is 10.1 Å². The zero-order valence-corrected chi connectivity index (χ0v) is 14.3. The fourth-order valence-corrected chi connectivity index (χ4v) is 2.45. The summed E-state index contributed by atoms with van der Waals surface area (Å²) in [5.74, 6) is -1.36. The number of rotatable bonds is 5. The van der Waals surface area contributed by atoms with Crippen molar-refractivity contribution in [3.05, 3.63) is 39.9 Å². The third kappa shape index (κ3) is 4.68. The van der Waals surface area contributed by atoms with E-state index in [2.05, 4.69) is 0 Å². The van der Waals surface area contributed by atoms with Crippen LogP contribution in [0.5, 0.6) is 0 Å². The lowest BCUT2D eigenvalue weighted by molar-refractivity contribution is -0.385. The van der Waals surface area contributed by atoms with Crippen LogP contribution in [0.1, 0.15) is 17.3 Å². The van der Waals surface area contributed by atoms with Crippen LogP contribution in [0.3, 0.4) is 0 Å². The van der Waals surface area contributed by atoms with Crippen molar-refractivity contribution < 1.29 is 28.8 Å². The minimum absolute atomic E-state index is 0.211. The first kappa shape index (κ1) is 19.2. The summed E-state index contributed by atoms with van der Waals surface area (Å²) in [6, 6.07) is 5.36. The van der Waals surface area contributed by atoms with Crippen LogP contribution in [0.2, 0.25) is 0 Å². The van der Waals surface area contributed by atoms with E-state index in [1.165, 1.54) is 34.1 Å². The lowest BCUT2D eigenvalue weighted by Crippen LogP contribution is -2.51. The molecule has 1 heterocycles. The van der Waals surface area contributed by atoms with Crippen molar-refractivity contribution in [3.8, 4) is 0 Å². The molecule has 0 saturated carbocycles. The van der Waals surface area contributed by atoms with Gasteiger partial charge in [0.2, 0.25) is 0 Å². The van der Waals surface area contributed by atoms with Gasteiger partial charge < -0.3 is 19.3 Å². The highest BCUT2D eigenvalue weighted by Crippen LogP contribution is 2.18. The van der Waals surface area contributed by atoms with E-state index in [1.54, 1.807) is 6.92 Å². The molecule has 0 unspecified atom stereocenters. The molecule has 1 aromatic rings. The topological polar surface area (TPSA) is 119 Å². The molecule has 0 N–H and O–H groups in total. The normalized spacial score (nSPS) is 13.9. The molecule has 1 saturated heterocycles. The van der Waals surface area contributed by atoms with E-state index in [0.717, 1.165) is 0 Å². The molecular formula is C16H19N3O7. The van der Waals surface area contributed by atoms with Crippen LogP contribution < -0.4 is 0 Å². The summed E-state index contributed by atoms with van der Waals surface area (Å²) in [6.07, 6.45) is -0.428. The number of nitro groups is 1. The van der Waals surface area contributed by atoms with E-state index in [0.29, 0.717) is 26.2 Å². The van der Waals surface area contributed by atoms with Crippen molar-refractivity contribution in [1.29, 1.82) is 0 Å². The first-order valence-corrected chi connectivity index (χ1v) is 8.04. The molecule has 10 nitrogen and oxygen atoms in total. The molecule has 2 rings (SSSR count). The van der Waals surface area contributed by atoms with E-state index in [4.69, 9.17) is 9.47 Å². The average Bonchev–Trinajstić information content (AvgIpc) is 2.66. The number of ether oxygens (including phenoxy) is 2. The van der Waals surface area contributed by atoms with Crippen molar-refractivity contribution in [2.45, 2.75) is 6.92 Å². The highest BCUT2D eigenvalue weighted by atomic mass is 16.6. The Labute approximate surface area is 149 Å². The van der Waals surface area contributed by atoms with Gasteiger partial charge in [0.15, 0.2) is 6.61 Å². The first-order valence-electron chi connectivity index (χ1n) is 8.04. The predicted molar refractivity (Wildman–Crippen MR) is 88.6 cm³/mol.